The molecule has 1 radical (unpaired) electrons. The van der Waals surface area contributed by atoms with E-state index in [0.717, 1.165) is 5.56 Å². The second-order valence-electron chi connectivity index (χ2n) is 2.64. The summed E-state index contributed by atoms with van der Waals surface area (Å²) in [5, 5.41) is 0. The molecule has 0 aliphatic heterocycles. The van der Waals surface area contributed by atoms with Gasteiger partial charge in [0.05, 0.1) is 6.16 Å². The van der Waals surface area contributed by atoms with E-state index in [9.17, 15) is 4.57 Å². The van der Waals surface area contributed by atoms with Crippen LogP contribution in [-0.4, -0.2) is 9.79 Å². The Hall–Kier alpha value is -0.630. The minimum atomic E-state index is -3.92. The first-order chi connectivity index (χ1) is 5.47. The van der Waals surface area contributed by atoms with Gasteiger partial charge in [0, 0.05) is 0 Å². The lowest BCUT2D eigenvalue weighted by molar-refractivity contribution is 0.371. The number of rotatable bonds is 2. The van der Waals surface area contributed by atoms with Crippen LogP contribution in [0, 0.1) is 6.92 Å². The van der Waals surface area contributed by atoms with Crippen LogP contribution in [0.15, 0.2) is 24.3 Å². The predicted octanol–water partition coefficient (Wildman–Crippen LogP) is 1.55. The van der Waals surface area contributed by atoms with E-state index >= 15 is 0 Å². The Morgan fingerprint density at radius 2 is 1.75 bits per heavy atom. The van der Waals surface area contributed by atoms with Crippen molar-refractivity contribution < 1.29 is 14.4 Å². The van der Waals surface area contributed by atoms with E-state index in [1.54, 1.807) is 24.3 Å². The van der Waals surface area contributed by atoms with E-state index in [1.807, 2.05) is 0 Å². The average Bonchev–Trinajstić information content (AvgIpc) is 1.91. The van der Waals surface area contributed by atoms with Crippen LogP contribution >= 0.6 is 7.60 Å². The van der Waals surface area contributed by atoms with Crippen LogP contribution in [-0.2, 0) is 10.7 Å². The van der Waals surface area contributed by atoms with Gasteiger partial charge >= 0.3 is 7.60 Å². The lowest BCUT2D eigenvalue weighted by atomic mass is 10.2. The summed E-state index contributed by atoms with van der Waals surface area (Å²) in [6.07, 6.45) is -0.201. The van der Waals surface area contributed by atoms with Crippen molar-refractivity contribution >= 4 is 7.60 Å². The van der Waals surface area contributed by atoms with E-state index in [0.29, 0.717) is 5.56 Å². The molecule has 0 aliphatic rings. The Balaban J connectivity index is 2.78. The van der Waals surface area contributed by atoms with Crippen molar-refractivity contribution in [2.24, 2.45) is 0 Å². The molecule has 0 heterocycles. The summed E-state index contributed by atoms with van der Waals surface area (Å²) in [6, 6.07) is 6.79. The number of benzene rings is 1. The van der Waals surface area contributed by atoms with Crippen molar-refractivity contribution in [1.82, 2.24) is 0 Å². The minimum Gasteiger partial charge on any atom is -0.324 e. The van der Waals surface area contributed by atoms with Gasteiger partial charge in [0.15, 0.2) is 0 Å². The quantitative estimate of drug-likeness (QED) is 0.687. The SMILES string of the molecule is [CH2]c1ccc(CP(=O)(O)O)cc1. The molecule has 1 aromatic rings. The zero-order valence-corrected chi connectivity index (χ0v) is 7.37. The third kappa shape index (κ3) is 3.18. The summed E-state index contributed by atoms with van der Waals surface area (Å²) in [4.78, 5) is 17.3. The maximum absolute atomic E-state index is 10.6. The molecule has 2 N–H and O–H groups in total. The van der Waals surface area contributed by atoms with Gasteiger partial charge in [-0.2, -0.15) is 0 Å². The van der Waals surface area contributed by atoms with Gasteiger partial charge in [0.1, 0.15) is 0 Å². The van der Waals surface area contributed by atoms with Crippen LogP contribution in [0.4, 0.5) is 0 Å². The molecular formula is C8H10O3P. The second kappa shape index (κ2) is 3.40. The summed E-state index contributed by atoms with van der Waals surface area (Å²) >= 11 is 0. The molecule has 4 heteroatoms. The fraction of sp³-hybridized carbons (Fsp3) is 0.125. The maximum Gasteiger partial charge on any atom is 0.329 e. The van der Waals surface area contributed by atoms with E-state index in [1.165, 1.54) is 0 Å². The van der Waals surface area contributed by atoms with E-state index < -0.39 is 7.60 Å². The highest BCUT2D eigenvalue weighted by Crippen LogP contribution is 2.38. The lowest BCUT2D eigenvalue weighted by Crippen LogP contribution is -1.86. The normalized spacial score (nSPS) is 11.6. The topological polar surface area (TPSA) is 57.5 Å². The van der Waals surface area contributed by atoms with E-state index in [2.05, 4.69) is 6.92 Å². The average molecular weight is 185 g/mol. The van der Waals surface area contributed by atoms with Crippen LogP contribution in [0.25, 0.3) is 0 Å². The van der Waals surface area contributed by atoms with Crippen LogP contribution in [0.2, 0.25) is 0 Å². The molecule has 0 atom stereocenters. The maximum atomic E-state index is 10.6. The molecule has 3 nitrogen and oxygen atoms in total. The molecule has 1 rings (SSSR count). The van der Waals surface area contributed by atoms with Crippen molar-refractivity contribution in [2.45, 2.75) is 6.16 Å². The second-order valence-corrected chi connectivity index (χ2v) is 4.28. The first-order valence-corrected chi connectivity index (χ1v) is 5.22. The van der Waals surface area contributed by atoms with Crippen LogP contribution in [0.5, 0.6) is 0 Å². The van der Waals surface area contributed by atoms with Gasteiger partial charge in [-0.3, -0.25) is 4.57 Å². The highest BCUT2D eigenvalue weighted by atomic mass is 31.2. The Morgan fingerprint density at radius 1 is 1.25 bits per heavy atom. The summed E-state index contributed by atoms with van der Waals surface area (Å²) in [5.41, 5.74) is 1.47. The van der Waals surface area contributed by atoms with Gasteiger partial charge in [0.25, 0.3) is 0 Å². The summed E-state index contributed by atoms with van der Waals surface area (Å²) < 4.78 is 10.6. The van der Waals surface area contributed by atoms with Gasteiger partial charge < -0.3 is 9.79 Å². The third-order valence-corrected chi connectivity index (χ3v) is 2.19. The van der Waals surface area contributed by atoms with Crippen molar-refractivity contribution in [3.63, 3.8) is 0 Å². The van der Waals surface area contributed by atoms with Gasteiger partial charge in [-0.05, 0) is 18.1 Å². The fourth-order valence-electron chi connectivity index (χ4n) is 0.883. The summed E-state index contributed by atoms with van der Waals surface area (Å²) in [7, 11) is -3.92. The standard InChI is InChI=1S/C8H10O3P/c1-7-2-4-8(5-3-7)6-12(9,10)11/h2-5H,1,6H2,(H2,9,10,11). The molecule has 0 unspecified atom stereocenters. The van der Waals surface area contributed by atoms with Crippen LogP contribution < -0.4 is 0 Å². The molecule has 0 saturated carbocycles. The van der Waals surface area contributed by atoms with Crippen molar-refractivity contribution in [3.8, 4) is 0 Å². The summed E-state index contributed by atoms with van der Waals surface area (Å²) in [6.45, 7) is 3.66. The van der Waals surface area contributed by atoms with E-state index in [-0.39, 0.29) is 6.16 Å². The Bertz CT molecular complexity index is 299. The molecule has 0 amide bonds. The molecule has 0 aromatic heterocycles. The van der Waals surface area contributed by atoms with E-state index in [4.69, 9.17) is 9.79 Å². The van der Waals surface area contributed by atoms with Gasteiger partial charge in [-0.15, -0.1) is 0 Å². The number of hydrogen-bond donors (Lipinski definition) is 2. The van der Waals surface area contributed by atoms with Gasteiger partial charge in [0.2, 0.25) is 0 Å². The molecule has 12 heavy (non-hydrogen) atoms. The van der Waals surface area contributed by atoms with Gasteiger partial charge in [-0.1, -0.05) is 24.3 Å². The largest absolute Gasteiger partial charge is 0.329 e. The highest BCUT2D eigenvalue weighted by molar-refractivity contribution is 7.50. The first kappa shape index (κ1) is 9.46. The molecular weight excluding hydrogens is 175 g/mol. The molecule has 0 saturated heterocycles. The van der Waals surface area contributed by atoms with Crippen molar-refractivity contribution in [3.05, 3.63) is 42.3 Å². The zero-order valence-electron chi connectivity index (χ0n) is 6.47. The van der Waals surface area contributed by atoms with Crippen LogP contribution in [0.3, 0.4) is 0 Å². The van der Waals surface area contributed by atoms with Crippen molar-refractivity contribution in [2.75, 3.05) is 0 Å². The predicted molar refractivity (Wildman–Crippen MR) is 46.6 cm³/mol. The Morgan fingerprint density at radius 3 is 2.17 bits per heavy atom. The lowest BCUT2D eigenvalue weighted by Gasteiger charge is -2.03. The number of hydrogen-bond acceptors (Lipinski definition) is 1. The van der Waals surface area contributed by atoms with Gasteiger partial charge in [-0.25, -0.2) is 0 Å². The first-order valence-electron chi connectivity index (χ1n) is 3.43. The monoisotopic (exact) mass is 185 g/mol. The molecule has 0 aliphatic carbocycles. The highest BCUT2D eigenvalue weighted by Gasteiger charge is 2.12. The molecule has 1 aromatic carbocycles. The Kier molecular flexibility index (Phi) is 2.68. The smallest absolute Gasteiger partial charge is 0.324 e. The molecule has 0 spiro atoms. The minimum absolute atomic E-state index is 0.201. The Labute approximate surface area is 71.2 Å². The fourth-order valence-corrected chi connectivity index (χ4v) is 1.57. The molecule has 0 bridgehead atoms. The third-order valence-electron chi connectivity index (χ3n) is 1.41. The van der Waals surface area contributed by atoms with Crippen molar-refractivity contribution in [1.29, 1.82) is 0 Å². The van der Waals surface area contributed by atoms with Crippen LogP contribution in [0.1, 0.15) is 11.1 Å². The molecule has 0 fully saturated rings. The zero-order chi connectivity index (χ0) is 9.19. The molecule has 65 valence electrons. The summed E-state index contributed by atoms with van der Waals surface area (Å²) in [5.74, 6) is 0.